The van der Waals surface area contributed by atoms with Crippen LogP contribution in [-0.4, -0.2) is 77.1 Å². The molecule has 1 aliphatic carbocycles. The second-order valence-corrected chi connectivity index (χ2v) is 11.2. The quantitative estimate of drug-likeness (QED) is 0.374. The molecule has 0 radical (unpaired) electrons. The summed E-state index contributed by atoms with van der Waals surface area (Å²) in [6.45, 7) is 9.88. The lowest BCUT2D eigenvalue weighted by Crippen LogP contribution is -2.46. The molecule has 0 saturated carbocycles. The van der Waals surface area contributed by atoms with E-state index in [9.17, 15) is 15.0 Å². The minimum Gasteiger partial charge on any atom is -0.455 e. The number of methoxy groups -OCH3 is 1. The number of esters is 1. The number of hydrogen-bond donors (Lipinski definition) is 3. The van der Waals surface area contributed by atoms with E-state index in [2.05, 4.69) is 37.1 Å². The van der Waals surface area contributed by atoms with E-state index in [4.69, 9.17) is 18.9 Å². The number of aliphatic hydroxyl groups is 2. The van der Waals surface area contributed by atoms with Crippen molar-refractivity contribution in [3.05, 3.63) is 47.8 Å². The van der Waals surface area contributed by atoms with Crippen molar-refractivity contribution in [3.63, 3.8) is 0 Å². The topological polar surface area (TPSA) is 110 Å². The van der Waals surface area contributed by atoms with Gasteiger partial charge in [0.05, 0.1) is 36.6 Å². The summed E-state index contributed by atoms with van der Waals surface area (Å²) in [4.78, 5) is 15.9. The fraction of sp³-hybridized carbons (Fsp3) is 0.690. The van der Waals surface area contributed by atoms with E-state index < -0.39 is 36.0 Å². The first kappa shape index (κ1) is 28.0. The van der Waals surface area contributed by atoms with E-state index in [1.54, 1.807) is 39.3 Å². The first-order valence-corrected chi connectivity index (χ1v) is 13.5. The van der Waals surface area contributed by atoms with Crippen molar-refractivity contribution in [1.29, 1.82) is 0 Å². The van der Waals surface area contributed by atoms with Crippen LogP contribution in [0.4, 0.5) is 0 Å². The summed E-state index contributed by atoms with van der Waals surface area (Å²) in [5, 5.41) is 20.9. The SMILES string of the molecule is CO[C@@H]1CO[C@@H]([C@@H](C)O)[C@H](C)/C=C(\C)[C@@]23C[C@@H](C=C[C@@H]2C1)[C@H]([C@H](OC(=O)c1ccc[nH]1)[C@H](C)[C@H](C)O)O3. The van der Waals surface area contributed by atoms with E-state index in [0.717, 1.165) is 12.0 Å². The van der Waals surface area contributed by atoms with Crippen molar-refractivity contribution in [2.24, 2.45) is 23.7 Å². The molecule has 8 nitrogen and oxygen atoms in total. The lowest BCUT2D eigenvalue weighted by atomic mass is 9.69. The van der Waals surface area contributed by atoms with Gasteiger partial charge in [-0.3, -0.25) is 0 Å². The van der Waals surface area contributed by atoms with Crippen LogP contribution < -0.4 is 0 Å². The molecule has 1 fully saturated rings. The zero-order valence-corrected chi connectivity index (χ0v) is 22.8. The summed E-state index contributed by atoms with van der Waals surface area (Å²) in [6.07, 6.45) is 6.76. The van der Waals surface area contributed by atoms with Crippen LogP contribution in [0.3, 0.4) is 0 Å². The molecule has 8 heteroatoms. The molecule has 11 atom stereocenters. The maximum Gasteiger partial charge on any atom is 0.355 e. The molecule has 4 rings (SSSR count). The highest BCUT2D eigenvalue weighted by molar-refractivity contribution is 5.87. The normalized spacial score (nSPS) is 38.5. The molecule has 3 N–H and O–H groups in total. The van der Waals surface area contributed by atoms with Gasteiger partial charge in [-0.25, -0.2) is 4.79 Å². The number of aliphatic hydroxyl groups excluding tert-OH is 2. The second-order valence-electron chi connectivity index (χ2n) is 11.2. The van der Waals surface area contributed by atoms with Crippen molar-refractivity contribution in [3.8, 4) is 0 Å². The fourth-order valence-electron chi connectivity index (χ4n) is 6.31. The highest BCUT2D eigenvalue weighted by Crippen LogP contribution is 2.53. The van der Waals surface area contributed by atoms with Crippen LogP contribution in [0.2, 0.25) is 0 Å². The third kappa shape index (κ3) is 5.59. The summed E-state index contributed by atoms with van der Waals surface area (Å²) in [5.41, 5.74) is 0.837. The number of rotatable bonds is 7. The molecule has 37 heavy (non-hydrogen) atoms. The van der Waals surface area contributed by atoms with Gasteiger partial charge in [-0.05, 0) is 51.3 Å². The van der Waals surface area contributed by atoms with Crippen molar-refractivity contribution in [1.82, 2.24) is 4.98 Å². The minimum absolute atomic E-state index is 0.0188. The van der Waals surface area contributed by atoms with E-state index in [1.807, 2.05) is 6.92 Å². The molecule has 1 aromatic heterocycles. The summed E-state index contributed by atoms with van der Waals surface area (Å²) >= 11 is 0. The average Bonchev–Trinajstić information content (AvgIpc) is 3.49. The van der Waals surface area contributed by atoms with Gasteiger partial charge in [0.2, 0.25) is 0 Å². The second kappa shape index (κ2) is 11.4. The molecule has 0 amide bonds. The summed E-state index contributed by atoms with van der Waals surface area (Å²) in [7, 11) is 1.68. The standard InChI is InChI=1S/C29H43NO7/c1-16-12-17(2)29-14-21(9-10-22(29)13-23(34-6)15-35-25(16)20(5)32)27(37-29)26(18(3)19(4)31)36-28(33)24-8-7-11-30-24/h7-12,16,18-23,25-27,30-32H,13-15H2,1-6H3/b17-12+/t16-,18-,19+,20-,21-,22-,23+,25-,26-,27-,29+/m1/s1. The Kier molecular flexibility index (Phi) is 8.65. The maximum absolute atomic E-state index is 13.0. The first-order valence-electron chi connectivity index (χ1n) is 13.5. The number of hydrogen-bond acceptors (Lipinski definition) is 7. The number of ether oxygens (including phenoxy) is 4. The van der Waals surface area contributed by atoms with Gasteiger partial charge in [0.1, 0.15) is 17.9 Å². The van der Waals surface area contributed by atoms with Gasteiger partial charge in [0.25, 0.3) is 0 Å². The Bertz CT molecular complexity index is 971. The predicted octanol–water partition coefficient (Wildman–Crippen LogP) is 3.65. The summed E-state index contributed by atoms with van der Waals surface area (Å²) in [6, 6.07) is 3.43. The number of aromatic amines is 1. The number of H-pyrrole nitrogens is 1. The lowest BCUT2D eigenvalue weighted by molar-refractivity contribution is -0.130. The van der Waals surface area contributed by atoms with Gasteiger partial charge in [0, 0.05) is 37.0 Å². The van der Waals surface area contributed by atoms with E-state index in [1.165, 1.54) is 0 Å². The first-order chi connectivity index (χ1) is 17.6. The molecule has 2 aliphatic heterocycles. The Labute approximate surface area is 220 Å². The van der Waals surface area contributed by atoms with E-state index in [-0.39, 0.29) is 35.9 Å². The molecule has 1 saturated heterocycles. The van der Waals surface area contributed by atoms with E-state index >= 15 is 0 Å². The molecular formula is C29H43NO7. The van der Waals surface area contributed by atoms with Crippen LogP contribution in [-0.2, 0) is 18.9 Å². The van der Waals surface area contributed by atoms with Crippen LogP contribution in [0.5, 0.6) is 0 Å². The highest BCUT2D eigenvalue weighted by atomic mass is 16.6. The third-order valence-electron chi connectivity index (χ3n) is 8.66. The van der Waals surface area contributed by atoms with Gasteiger partial charge in [-0.2, -0.15) is 0 Å². The molecule has 1 aromatic rings. The van der Waals surface area contributed by atoms with Gasteiger partial charge in [-0.15, -0.1) is 0 Å². The largest absolute Gasteiger partial charge is 0.455 e. The molecule has 206 valence electrons. The Morgan fingerprint density at radius 3 is 2.59 bits per heavy atom. The number of aromatic nitrogens is 1. The van der Waals surface area contributed by atoms with Gasteiger partial charge in [-0.1, -0.05) is 32.1 Å². The molecule has 0 aromatic carbocycles. The number of nitrogens with one attached hydrogen (secondary N) is 1. The lowest BCUT2D eigenvalue weighted by Gasteiger charge is -2.42. The third-order valence-corrected chi connectivity index (χ3v) is 8.66. The summed E-state index contributed by atoms with van der Waals surface area (Å²) in [5.74, 6) is -0.793. The van der Waals surface area contributed by atoms with Gasteiger partial charge >= 0.3 is 5.97 Å². The van der Waals surface area contributed by atoms with Gasteiger partial charge < -0.3 is 34.1 Å². The zero-order valence-electron chi connectivity index (χ0n) is 22.8. The molecule has 0 unspecified atom stereocenters. The Morgan fingerprint density at radius 2 is 1.97 bits per heavy atom. The maximum atomic E-state index is 13.0. The number of fused-ring (bicyclic) bond motifs is 1. The Morgan fingerprint density at radius 1 is 1.22 bits per heavy atom. The number of carbonyl (C=O) groups is 1. The monoisotopic (exact) mass is 517 g/mol. The van der Waals surface area contributed by atoms with Crippen molar-refractivity contribution in [2.45, 2.75) is 89.7 Å². The van der Waals surface area contributed by atoms with Crippen LogP contribution >= 0.6 is 0 Å². The van der Waals surface area contributed by atoms with Crippen molar-refractivity contribution in [2.75, 3.05) is 13.7 Å². The molecule has 3 heterocycles. The summed E-state index contributed by atoms with van der Waals surface area (Å²) < 4.78 is 25.0. The minimum atomic E-state index is -0.690. The van der Waals surface area contributed by atoms with Crippen LogP contribution in [0, 0.1) is 23.7 Å². The van der Waals surface area contributed by atoms with Crippen molar-refractivity contribution >= 4 is 5.97 Å². The molecule has 2 bridgehead atoms. The fourth-order valence-corrected chi connectivity index (χ4v) is 6.31. The van der Waals surface area contributed by atoms with Gasteiger partial charge in [0.15, 0.2) is 0 Å². The smallest absolute Gasteiger partial charge is 0.355 e. The Hall–Kier alpha value is -1.97. The average molecular weight is 518 g/mol. The molecule has 1 spiro atoms. The van der Waals surface area contributed by atoms with E-state index in [0.29, 0.717) is 18.7 Å². The van der Waals surface area contributed by atoms with Crippen LogP contribution in [0.1, 0.15) is 57.9 Å². The van der Waals surface area contributed by atoms with Crippen LogP contribution in [0.25, 0.3) is 0 Å². The molecular weight excluding hydrogens is 474 g/mol. The molecule has 3 aliphatic rings. The highest BCUT2D eigenvalue weighted by Gasteiger charge is 2.57. The Balaban J connectivity index is 1.70. The van der Waals surface area contributed by atoms with Crippen molar-refractivity contribution < 1.29 is 34.0 Å². The zero-order chi connectivity index (χ0) is 26.9. The van der Waals surface area contributed by atoms with Crippen LogP contribution in [0.15, 0.2) is 42.1 Å². The predicted molar refractivity (Wildman–Crippen MR) is 139 cm³/mol. The number of carbonyl (C=O) groups excluding carboxylic acids is 1.